The summed E-state index contributed by atoms with van der Waals surface area (Å²) in [7, 11) is 0. The van der Waals surface area contributed by atoms with E-state index in [1.807, 2.05) is 0 Å². The van der Waals surface area contributed by atoms with Gasteiger partial charge < -0.3 is 10.4 Å². The fraction of sp³-hybridized carbons (Fsp3) is 0.273. The molecule has 0 fully saturated rings. The molecule has 0 aliphatic rings. The molecular weight excluding hydrogens is 272 g/mol. The van der Waals surface area contributed by atoms with Crippen molar-refractivity contribution in [3.8, 4) is 12.3 Å². The van der Waals surface area contributed by atoms with Crippen LogP contribution in [0.1, 0.15) is 23.2 Å². The number of halogens is 1. The zero-order chi connectivity index (χ0) is 12.0. The molecule has 1 rings (SSSR count). The van der Waals surface area contributed by atoms with Crippen LogP contribution in [0, 0.1) is 12.3 Å². The molecule has 2 N–H and O–H groups in total. The van der Waals surface area contributed by atoms with Crippen molar-refractivity contribution in [3.63, 3.8) is 0 Å². The van der Waals surface area contributed by atoms with Crippen LogP contribution < -0.4 is 5.32 Å². The zero-order valence-electron chi connectivity index (χ0n) is 8.53. The molecule has 0 aliphatic heterocycles. The summed E-state index contributed by atoms with van der Waals surface area (Å²) in [5.41, 5.74) is 0.154. The summed E-state index contributed by atoms with van der Waals surface area (Å²) < 4.78 is 0.633. The van der Waals surface area contributed by atoms with Gasteiger partial charge in [0.15, 0.2) is 0 Å². The van der Waals surface area contributed by atoms with E-state index < -0.39 is 5.97 Å². The van der Waals surface area contributed by atoms with Crippen LogP contribution in [0.4, 0.5) is 5.82 Å². The Morgan fingerprint density at radius 1 is 1.69 bits per heavy atom. The van der Waals surface area contributed by atoms with E-state index in [0.29, 0.717) is 23.3 Å². The van der Waals surface area contributed by atoms with Crippen molar-refractivity contribution >= 4 is 27.7 Å². The molecule has 1 aromatic rings. The largest absolute Gasteiger partial charge is 0.478 e. The highest BCUT2D eigenvalue weighted by Crippen LogP contribution is 2.20. The van der Waals surface area contributed by atoms with Crippen LogP contribution in [0.15, 0.2) is 16.7 Å². The van der Waals surface area contributed by atoms with Crippen LogP contribution in [0.25, 0.3) is 0 Å². The average molecular weight is 283 g/mol. The quantitative estimate of drug-likeness (QED) is 0.643. The second kappa shape index (κ2) is 6.13. The van der Waals surface area contributed by atoms with Gasteiger partial charge in [-0.05, 0) is 28.4 Å². The highest BCUT2D eigenvalue weighted by Gasteiger charge is 2.07. The fourth-order valence-corrected chi connectivity index (χ4v) is 1.57. The Labute approximate surface area is 102 Å². The lowest BCUT2D eigenvalue weighted by Gasteiger charge is -2.06. The number of aromatic carboxylic acids is 1. The van der Waals surface area contributed by atoms with Crippen LogP contribution in [-0.4, -0.2) is 22.6 Å². The lowest BCUT2D eigenvalue weighted by molar-refractivity contribution is 0.0696. The van der Waals surface area contributed by atoms with Crippen molar-refractivity contribution in [1.29, 1.82) is 0 Å². The van der Waals surface area contributed by atoms with Crippen molar-refractivity contribution < 1.29 is 9.90 Å². The van der Waals surface area contributed by atoms with Crippen LogP contribution in [-0.2, 0) is 0 Å². The molecule has 0 saturated heterocycles. The van der Waals surface area contributed by atoms with Crippen molar-refractivity contribution in [2.75, 3.05) is 11.9 Å². The number of carboxylic acids is 1. The minimum Gasteiger partial charge on any atom is -0.478 e. The minimum atomic E-state index is -0.993. The molecule has 0 bridgehead atoms. The molecule has 0 spiro atoms. The summed E-state index contributed by atoms with van der Waals surface area (Å²) in [6.07, 6.45) is 8.00. The maximum atomic E-state index is 10.7. The monoisotopic (exact) mass is 282 g/mol. The number of nitrogens with zero attached hydrogens (tertiary/aromatic N) is 1. The first-order valence-electron chi connectivity index (χ1n) is 4.71. The summed E-state index contributed by atoms with van der Waals surface area (Å²) in [5, 5.41) is 11.8. The summed E-state index contributed by atoms with van der Waals surface area (Å²) in [4.78, 5) is 14.7. The third kappa shape index (κ3) is 3.55. The number of carbonyl (C=O) groups is 1. The average Bonchev–Trinajstić information content (AvgIpc) is 2.26. The second-order valence-corrected chi connectivity index (χ2v) is 3.95. The Bertz CT molecular complexity index is 426. The van der Waals surface area contributed by atoms with E-state index in [9.17, 15) is 4.79 Å². The van der Waals surface area contributed by atoms with Crippen LogP contribution in [0.5, 0.6) is 0 Å². The van der Waals surface area contributed by atoms with Gasteiger partial charge in [0.1, 0.15) is 5.82 Å². The lowest BCUT2D eigenvalue weighted by Crippen LogP contribution is -2.05. The third-order valence-corrected chi connectivity index (χ3v) is 2.48. The van der Waals surface area contributed by atoms with Crippen molar-refractivity contribution in [1.82, 2.24) is 4.98 Å². The van der Waals surface area contributed by atoms with Gasteiger partial charge in [-0.15, -0.1) is 12.3 Å². The molecule has 1 aromatic heterocycles. The van der Waals surface area contributed by atoms with Gasteiger partial charge in [0.2, 0.25) is 0 Å². The van der Waals surface area contributed by atoms with E-state index in [1.54, 1.807) is 0 Å². The SMILES string of the molecule is C#CCCCNc1ncc(C(=O)O)cc1Br. The highest BCUT2D eigenvalue weighted by atomic mass is 79.9. The van der Waals surface area contributed by atoms with Crippen LogP contribution >= 0.6 is 15.9 Å². The molecule has 0 saturated carbocycles. The van der Waals surface area contributed by atoms with E-state index in [4.69, 9.17) is 11.5 Å². The van der Waals surface area contributed by atoms with Gasteiger partial charge in [-0.2, -0.15) is 0 Å². The summed E-state index contributed by atoms with van der Waals surface area (Å²) >= 11 is 3.26. The Morgan fingerprint density at radius 2 is 2.44 bits per heavy atom. The van der Waals surface area contributed by atoms with E-state index in [-0.39, 0.29) is 5.56 Å². The Hall–Kier alpha value is -1.54. The number of anilines is 1. The second-order valence-electron chi connectivity index (χ2n) is 3.09. The van der Waals surface area contributed by atoms with Crippen molar-refractivity contribution in [3.05, 3.63) is 22.3 Å². The lowest BCUT2D eigenvalue weighted by atomic mass is 10.3. The molecule has 4 nitrogen and oxygen atoms in total. The number of unbranched alkanes of at least 4 members (excludes halogenated alkanes) is 1. The topological polar surface area (TPSA) is 62.2 Å². The third-order valence-electron chi connectivity index (χ3n) is 1.88. The Kier molecular flexibility index (Phi) is 4.80. The first kappa shape index (κ1) is 12.5. The van der Waals surface area contributed by atoms with Gasteiger partial charge in [0.25, 0.3) is 0 Å². The number of rotatable bonds is 5. The number of terminal acetylenes is 1. The smallest absolute Gasteiger partial charge is 0.337 e. The highest BCUT2D eigenvalue weighted by molar-refractivity contribution is 9.10. The van der Waals surface area contributed by atoms with Gasteiger partial charge in [-0.3, -0.25) is 0 Å². The number of pyridine rings is 1. The van der Waals surface area contributed by atoms with Gasteiger partial charge in [-0.1, -0.05) is 0 Å². The molecule has 5 heteroatoms. The maximum absolute atomic E-state index is 10.7. The molecular formula is C11H11BrN2O2. The number of hydrogen-bond acceptors (Lipinski definition) is 3. The maximum Gasteiger partial charge on any atom is 0.337 e. The first-order chi connectivity index (χ1) is 7.65. The van der Waals surface area contributed by atoms with Gasteiger partial charge in [0, 0.05) is 19.2 Å². The number of hydrogen-bond donors (Lipinski definition) is 2. The van der Waals surface area contributed by atoms with Gasteiger partial charge >= 0.3 is 5.97 Å². The summed E-state index contributed by atoms with van der Waals surface area (Å²) in [6, 6.07) is 1.51. The van der Waals surface area contributed by atoms with Gasteiger partial charge in [-0.25, -0.2) is 9.78 Å². The number of carboxylic acid groups (broad SMARTS) is 1. The van der Waals surface area contributed by atoms with E-state index in [1.165, 1.54) is 12.3 Å². The fourth-order valence-electron chi connectivity index (χ4n) is 1.08. The first-order valence-corrected chi connectivity index (χ1v) is 5.50. The molecule has 0 amide bonds. The Morgan fingerprint density at radius 3 is 3.00 bits per heavy atom. The zero-order valence-corrected chi connectivity index (χ0v) is 10.1. The minimum absolute atomic E-state index is 0.154. The normalized spacial score (nSPS) is 9.50. The molecule has 84 valence electrons. The molecule has 0 atom stereocenters. The molecule has 0 radical (unpaired) electrons. The standard InChI is InChI=1S/C11H11BrN2O2/c1-2-3-4-5-13-10-9(12)6-8(7-14-10)11(15)16/h1,6-7H,3-5H2,(H,13,14)(H,15,16). The molecule has 16 heavy (non-hydrogen) atoms. The molecule has 0 aromatic carbocycles. The Balaban J connectivity index is 2.62. The van der Waals surface area contributed by atoms with E-state index >= 15 is 0 Å². The summed E-state index contributed by atoms with van der Waals surface area (Å²) in [5.74, 6) is 2.18. The summed E-state index contributed by atoms with van der Waals surface area (Å²) in [6.45, 7) is 0.711. The number of aromatic nitrogens is 1. The molecule has 1 heterocycles. The van der Waals surface area contributed by atoms with E-state index in [2.05, 4.69) is 32.2 Å². The molecule has 0 unspecified atom stereocenters. The molecule has 0 aliphatic carbocycles. The predicted octanol–water partition coefficient (Wildman–Crippen LogP) is 2.37. The van der Waals surface area contributed by atoms with Gasteiger partial charge in [0.05, 0.1) is 10.0 Å². The van der Waals surface area contributed by atoms with Crippen molar-refractivity contribution in [2.24, 2.45) is 0 Å². The van der Waals surface area contributed by atoms with Crippen LogP contribution in [0.3, 0.4) is 0 Å². The van der Waals surface area contributed by atoms with E-state index in [0.717, 1.165) is 6.42 Å². The number of nitrogens with one attached hydrogen (secondary N) is 1. The predicted molar refractivity (Wildman–Crippen MR) is 65.5 cm³/mol. The van der Waals surface area contributed by atoms with Crippen LogP contribution in [0.2, 0.25) is 0 Å². The van der Waals surface area contributed by atoms with Crippen molar-refractivity contribution in [2.45, 2.75) is 12.8 Å².